The summed E-state index contributed by atoms with van der Waals surface area (Å²) in [5.74, 6) is 0.0636. The maximum Gasteiger partial charge on any atom is 0.279 e. The van der Waals surface area contributed by atoms with E-state index in [9.17, 15) is 9.59 Å². The Labute approximate surface area is 176 Å². The van der Waals surface area contributed by atoms with Gasteiger partial charge in [-0.1, -0.05) is 55.1 Å². The monoisotopic (exact) mass is 410 g/mol. The first-order valence-corrected chi connectivity index (χ1v) is 10.9. The van der Waals surface area contributed by atoms with Crippen LogP contribution in [0.25, 0.3) is 0 Å². The number of carbonyl (C=O) groups excluding carboxylic acids is 2. The first-order chi connectivity index (χ1) is 14.2. The molecular weight excluding hydrogens is 382 g/mol. The number of nitrogens with one attached hydrogen (secondary N) is 2. The fraction of sp³-hybridized carbons (Fsp3) is 0.304. The van der Waals surface area contributed by atoms with Gasteiger partial charge in [-0.15, -0.1) is 0 Å². The van der Waals surface area contributed by atoms with Crippen LogP contribution in [0, 0.1) is 0 Å². The molecule has 152 valence electrons. The van der Waals surface area contributed by atoms with Gasteiger partial charge >= 0.3 is 0 Å². The van der Waals surface area contributed by atoms with Crippen LogP contribution in [0.4, 0.5) is 5.69 Å². The number of para-hydroxylation sites is 1. The molecule has 1 aliphatic rings. The molecule has 0 saturated carbocycles. The van der Waals surface area contributed by atoms with Crippen LogP contribution in [0.3, 0.4) is 0 Å². The van der Waals surface area contributed by atoms with E-state index in [1.165, 1.54) is 16.7 Å². The van der Waals surface area contributed by atoms with Gasteiger partial charge in [-0.3, -0.25) is 9.59 Å². The van der Waals surface area contributed by atoms with E-state index < -0.39 is 0 Å². The number of piperazine rings is 1. The fourth-order valence-corrected chi connectivity index (χ4v) is 4.02. The van der Waals surface area contributed by atoms with Crippen LogP contribution < -0.4 is 10.2 Å². The molecule has 2 amide bonds. The highest BCUT2D eigenvalue weighted by Gasteiger charge is 2.24. The van der Waals surface area contributed by atoms with Crippen molar-refractivity contribution >= 4 is 29.3 Å². The molecule has 0 atom stereocenters. The minimum atomic E-state index is 0.0276. The minimum absolute atomic E-state index is 0.0276. The van der Waals surface area contributed by atoms with E-state index in [0.717, 1.165) is 35.7 Å². The maximum absolute atomic E-state index is 12.4. The Morgan fingerprint density at radius 2 is 1.76 bits per heavy atom. The van der Waals surface area contributed by atoms with Crippen molar-refractivity contribution in [3.8, 4) is 0 Å². The largest absolute Gasteiger partial charge is 0.328 e. The Morgan fingerprint density at radius 1 is 1.07 bits per heavy atom. The molecule has 1 saturated heterocycles. The molecular formula is C23H28N3O2S+. The molecule has 1 aliphatic heterocycles. The second-order valence-corrected chi connectivity index (χ2v) is 8.02. The summed E-state index contributed by atoms with van der Waals surface area (Å²) >= 11 is 1.54. The average Bonchev–Trinajstić information content (AvgIpc) is 2.75. The lowest BCUT2D eigenvalue weighted by Gasteiger charge is -2.31. The molecule has 0 spiro atoms. The number of hydrogen-bond donors (Lipinski definition) is 2. The molecule has 0 aliphatic carbocycles. The van der Waals surface area contributed by atoms with Crippen molar-refractivity contribution < 1.29 is 14.5 Å². The highest BCUT2D eigenvalue weighted by atomic mass is 32.2. The number of thioether (sulfide) groups is 1. The Bertz CT molecular complexity index is 846. The Balaban J connectivity index is 1.41. The zero-order valence-electron chi connectivity index (χ0n) is 16.8. The molecule has 0 aromatic heterocycles. The summed E-state index contributed by atoms with van der Waals surface area (Å²) in [4.78, 5) is 29.0. The van der Waals surface area contributed by atoms with Gasteiger partial charge in [0.25, 0.3) is 5.91 Å². The zero-order valence-corrected chi connectivity index (χ0v) is 17.6. The van der Waals surface area contributed by atoms with Gasteiger partial charge in [-0.2, -0.15) is 0 Å². The molecule has 2 aromatic rings. The highest BCUT2D eigenvalue weighted by Crippen LogP contribution is 2.18. The van der Waals surface area contributed by atoms with Crippen molar-refractivity contribution in [2.24, 2.45) is 0 Å². The summed E-state index contributed by atoms with van der Waals surface area (Å²) in [6, 6.07) is 17.9. The Morgan fingerprint density at radius 3 is 2.48 bits per heavy atom. The van der Waals surface area contributed by atoms with Gasteiger partial charge in [-0.05, 0) is 35.6 Å². The Kier molecular flexibility index (Phi) is 7.90. The lowest BCUT2D eigenvalue weighted by molar-refractivity contribution is -0.895. The molecule has 0 unspecified atom stereocenters. The van der Waals surface area contributed by atoms with E-state index in [4.69, 9.17) is 0 Å². The van der Waals surface area contributed by atoms with Crippen molar-refractivity contribution in [3.63, 3.8) is 0 Å². The number of anilines is 1. The molecule has 2 aromatic carbocycles. The molecule has 3 rings (SSSR count). The molecule has 1 heterocycles. The smallest absolute Gasteiger partial charge is 0.279 e. The molecule has 2 N–H and O–H groups in total. The molecule has 0 radical (unpaired) electrons. The van der Waals surface area contributed by atoms with E-state index in [1.807, 2.05) is 64.9 Å². The quantitative estimate of drug-likeness (QED) is 0.544. The lowest BCUT2D eigenvalue weighted by Crippen LogP contribution is -3.15. The number of nitrogens with zero attached hydrogens (tertiary/aromatic N) is 1. The topological polar surface area (TPSA) is 53.9 Å². The summed E-state index contributed by atoms with van der Waals surface area (Å²) in [6.45, 7) is 5.43. The van der Waals surface area contributed by atoms with Gasteiger partial charge in [0.1, 0.15) is 0 Å². The zero-order chi connectivity index (χ0) is 20.5. The summed E-state index contributed by atoms with van der Waals surface area (Å²) in [5, 5.41) is 4.87. The van der Waals surface area contributed by atoms with E-state index in [1.54, 1.807) is 6.08 Å². The predicted octanol–water partition coefficient (Wildman–Crippen LogP) is 2.22. The highest BCUT2D eigenvalue weighted by molar-refractivity contribution is 8.02. The average molecular weight is 411 g/mol. The number of aryl methyl sites for hydroxylation is 1. The molecule has 29 heavy (non-hydrogen) atoms. The van der Waals surface area contributed by atoms with Gasteiger partial charge < -0.3 is 15.1 Å². The SMILES string of the molecule is CCc1ccccc1NC(=O)C[NH+]1CCN(C(=O)/C=C/Sc2ccccc2)CC1. The van der Waals surface area contributed by atoms with E-state index in [2.05, 4.69) is 12.2 Å². The minimum Gasteiger partial charge on any atom is -0.328 e. The number of amides is 2. The second-order valence-electron chi connectivity index (χ2n) is 7.04. The first-order valence-electron chi connectivity index (χ1n) is 10.0. The number of quaternary nitrogens is 1. The van der Waals surface area contributed by atoms with Gasteiger partial charge in [0.05, 0.1) is 26.2 Å². The van der Waals surface area contributed by atoms with Crippen LogP contribution in [0.5, 0.6) is 0 Å². The number of benzene rings is 2. The fourth-order valence-electron chi connectivity index (χ4n) is 3.37. The number of carbonyl (C=O) groups is 2. The van der Waals surface area contributed by atoms with Crippen LogP contribution in [0.2, 0.25) is 0 Å². The second kappa shape index (κ2) is 10.8. The first kappa shape index (κ1) is 21.1. The predicted molar refractivity (Wildman–Crippen MR) is 118 cm³/mol. The number of hydrogen-bond acceptors (Lipinski definition) is 3. The Hall–Kier alpha value is -2.57. The maximum atomic E-state index is 12.4. The van der Waals surface area contributed by atoms with Gasteiger partial charge in [0.15, 0.2) is 6.54 Å². The van der Waals surface area contributed by atoms with Crippen LogP contribution in [-0.4, -0.2) is 49.4 Å². The standard InChI is InChI=1S/C23H27N3O2S/c1-2-19-8-6-7-11-21(19)24-22(27)18-25-13-15-26(16-14-25)23(28)12-17-29-20-9-4-3-5-10-20/h3-12,17H,2,13-16,18H2,1H3,(H,24,27)/p+1/b17-12+. The third-order valence-corrected chi connectivity index (χ3v) is 5.84. The molecule has 0 bridgehead atoms. The van der Waals surface area contributed by atoms with Gasteiger partial charge in [0, 0.05) is 16.7 Å². The summed E-state index contributed by atoms with van der Waals surface area (Å²) in [6.07, 6.45) is 2.53. The van der Waals surface area contributed by atoms with Gasteiger partial charge in [0.2, 0.25) is 5.91 Å². The molecule has 5 nitrogen and oxygen atoms in total. The number of rotatable bonds is 7. The van der Waals surface area contributed by atoms with Crippen molar-refractivity contribution in [2.45, 2.75) is 18.2 Å². The normalized spacial score (nSPS) is 14.9. The van der Waals surface area contributed by atoms with Crippen LogP contribution in [0.15, 0.2) is 71.0 Å². The van der Waals surface area contributed by atoms with Crippen molar-refractivity contribution in [3.05, 3.63) is 71.6 Å². The van der Waals surface area contributed by atoms with Crippen molar-refractivity contribution in [1.29, 1.82) is 0 Å². The van der Waals surface area contributed by atoms with E-state index in [-0.39, 0.29) is 11.8 Å². The van der Waals surface area contributed by atoms with Crippen molar-refractivity contribution in [2.75, 3.05) is 38.0 Å². The van der Waals surface area contributed by atoms with Crippen LogP contribution in [0.1, 0.15) is 12.5 Å². The van der Waals surface area contributed by atoms with E-state index >= 15 is 0 Å². The lowest BCUT2D eigenvalue weighted by atomic mass is 10.1. The van der Waals surface area contributed by atoms with E-state index in [0.29, 0.717) is 19.6 Å². The molecule has 6 heteroatoms. The van der Waals surface area contributed by atoms with Crippen LogP contribution in [-0.2, 0) is 16.0 Å². The summed E-state index contributed by atoms with van der Waals surface area (Å²) in [5.41, 5.74) is 2.04. The van der Waals surface area contributed by atoms with Gasteiger partial charge in [-0.25, -0.2) is 0 Å². The summed E-state index contributed by atoms with van der Waals surface area (Å²) < 4.78 is 0. The molecule has 1 fully saturated rings. The third kappa shape index (κ3) is 6.48. The third-order valence-electron chi connectivity index (χ3n) is 5.02. The van der Waals surface area contributed by atoms with Crippen LogP contribution >= 0.6 is 11.8 Å². The summed E-state index contributed by atoms with van der Waals surface area (Å²) in [7, 11) is 0. The van der Waals surface area contributed by atoms with Crippen molar-refractivity contribution in [1.82, 2.24) is 4.90 Å².